The van der Waals surface area contributed by atoms with Gasteiger partial charge < -0.3 is 5.32 Å². The second kappa shape index (κ2) is 6.85. The van der Waals surface area contributed by atoms with Crippen molar-refractivity contribution >= 4 is 9.84 Å². The maximum Gasteiger partial charge on any atom is 0.175 e. The molecule has 0 aromatic heterocycles. The van der Waals surface area contributed by atoms with Crippen molar-refractivity contribution in [1.29, 1.82) is 0 Å². The Morgan fingerprint density at radius 2 is 1.61 bits per heavy atom. The van der Waals surface area contributed by atoms with Crippen LogP contribution in [0.3, 0.4) is 0 Å². The highest BCUT2D eigenvalue weighted by Gasteiger charge is 2.27. The van der Waals surface area contributed by atoms with Crippen LogP contribution in [0.4, 0.5) is 0 Å². The molecule has 1 saturated heterocycles. The molecule has 23 heavy (non-hydrogen) atoms. The van der Waals surface area contributed by atoms with Crippen LogP contribution in [0, 0.1) is 5.92 Å². The lowest BCUT2D eigenvalue weighted by atomic mass is 9.76. The Morgan fingerprint density at radius 1 is 0.957 bits per heavy atom. The topological polar surface area (TPSA) is 46.2 Å². The molecule has 0 saturated carbocycles. The smallest absolute Gasteiger partial charge is 0.175 e. The molecule has 0 aliphatic carbocycles. The third kappa shape index (κ3) is 3.82. The summed E-state index contributed by atoms with van der Waals surface area (Å²) in [6, 6.07) is 17.9. The molecule has 1 N–H and O–H groups in total. The van der Waals surface area contributed by atoms with E-state index in [1.165, 1.54) is 11.8 Å². The quantitative estimate of drug-likeness (QED) is 0.937. The van der Waals surface area contributed by atoms with E-state index in [1.54, 1.807) is 6.07 Å². The first-order valence-corrected chi connectivity index (χ1v) is 10.0. The minimum atomic E-state index is -3.18. The third-order valence-electron chi connectivity index (χ3n) is 4.66. The molecule has 3 nitrogen and oxygen atoms in total. The summed E-state index contributed by atoms with van der Waals surface area (Å²) in [5.74, 6) is 0.786. The summed E-state index contributed by atoms with van der Waals surface area (Å²) in [4.78, 5) is 0.407. The van der Waals surface area contributed by atoms with Gasteiger partial charge in [0.15, 0.2) is 9.84 Å². The van der Waals surface area contributed by atoms with E-state index in [-0.39, 0.29) is 5.92 Å². The molecule has 2 aromatic carbocycles. The summed E-state index contributed by atoms with van der Waals surface area (Å²) in [6.45, 7) is 2.06. The number of piperidine rings is 1. The maximum absolute atomic E-state index is 11.9. The van der Waals surface area contributed by atoms with Crippen LogP contribution in [0.1, 0.15) is 29.9 Å². The zero-order chi connectivity index (χ0) is 16.3. The molecule has 0 bridgehead atoms. The fourth-order valence-electron chi connectivity index (χ4n) is 3.51. The van der Waals surface area contributed by atoms with Crippen LogP contribution in [0.2, 0.25) is 0 Å². The predicted octanol–water partition coefficient (Wildman–Crippen LogP) is 3.22. The van der Waals surface area contributed by atoms with E-state index in [4.69, 9.17) is 0 Å². The number of benzene rings is 2. The van der Waals surface area contributed by atoms with Crippen LogP contribution in [-0.4, -0.2) is 27.8 Å². The lowest BCUT2D eigenvalue weighted by molar-refractivity contribution is 0.342. The molecule has 2 aromatic rings. The molecular formula is C19H23NO2S. The second-order valence-electron chi connectivity index (χ2n) is 6.32. The van der Waals surface area contributed by atoms with E-state index in [9.17, 15) is 8.42 Å². The van der Waals surface area contributed by atoms with Crippen molar-refractivity contribution in [1.82, 2.24) is 5.32 Å². The zero-order valence-corrected chi connectivity index (χ0v) is 14.2. The predicted molar refractivity (Wildman–Crippen MR) is 93.4 cm³/mol. The van der Waals surface area contributed by atoms with Crippen molar-refractivity contribution < 1.29 is 8.42 Å². The summed E-state index contributed by atoms with van der Waals surface area (Å²) in [5, 5.41) is 3.41. The molecule has 1 aliphatic rings. The number of hydrogen-bond donors (Lipinski definition) is 1. The largest absolute Gasteiger partial charge is 0.317 e. The normalized spacial score (nSPS) is 17.8. The second-order valence-corrected chi connectivity index (χ2v) is 8.34. The SMILES string of the molecule is CS(=O)(=O)c1cccc(C(c2ccccc2)C2CCNCC2)c1. The standard InChI is InChI=1S/C19H23NO2S/c1-23(21,22)18-9-5-8-17(14-18)19(15-6-3-2-4-7-15)16-10-12-20-13-11-16/h2-9,14,16,19-20H,10-13H2,1H3. The van der Waals surface area contributed by atoms with Crippen LogP contribution in [0.5, 0.6) is 0 Å². The molecule has 122 valence electrons. The van der Waals surface area contributed by atoms with E-state index in [2.05, 4.69) is 35.6 Å². The van der Waals surface area contributed by atoms with Gasteiger partial charge in [-0.25, -0.2) is 8.42 Å². The van der Waals surface area contributed by atoms with Crippen molar-refractivity contribution in [3.05, 3.63) is 65.7 Å². The summed E-state index contributed by atoms with van der Waals surface area (Å²) < 4.78 is 23.8. The molecule has 1 heterocycles. The highest BCUT2D eigenvalue weighted by molar-refractivity contribution is 7.90. The van der Waals surface area contributed by atoms with E-state index in [0.717, 1.165) is 31.5 Å². The summed E-state index contributed by atoms with van der Waals surface area (Å²) in [7, 11) is -3.18. The van der Waals surface area contributed by atoms with Gasteiger partial charge in [0.1, 0.15) is 0 Å². The Bertz CT molecular complexity index is 750. The summed E-state index contributed by atoms with van der Waals surface area (Å²) >= 11 is 0. The van der Waals surface area contributed by atoms with Crippen LogP contribution < -0.4 is 5.32 Å². The van der Waals surface area contributed by atoms with E-state index >= 15 is 0 Å². The van der Waals surface area contributed by atoms with Gasteiger partial charge in [0.2, 0.25) is 0 Å². The fraction of sp³-hybridized carbons (Fsp3) is 0.368. The lowest BCUT2D eigenvalue weighted by Gasteiger charge is -2.31. The Labute approximate surface area is 138 Å². The zero-order valence-electron chi connectivity index (χ0n) is 13.4. The van der Waals surface area contributed by atoms with Crippen molar-refractivity contribution in [3.8, 4) is 0 Å². The molecule has 1 atom stereocenters. The van der Waals surface area contributed by atoms with Crippen LogP contribution in [0.15, 0.2) is 59.5 Å². The molecule has 4 heteroatoms. The molecule has 1 aliphatic heterocycles. The monoisotopic (exact) mass is 329 g/mol. The molecule has 1 fully saturated rings. The molecular weight excluding hydrogens is 306 g/mol. The molecule has 3 rings (SSSR count). The number of rotatable bonds is 4. The van der Waals surface area contributed by atoms with Gasteiger partial charge in [0.25, 0.3) is 0 Å². The molecule has 1 unspecified atom stereocenters. The Kier molecular flexibility index (Phi) is 4.83. The van der Waals surface area contributed by atoms with Crippen LogP contribution in [-0.2, 0) is 9.84 Å². The number of hydrogen-bond acceptors (Lipinski definition) is 3. The van der Waals surface area contributed by atoms with Gasteiger partial charge >= 0.3 is 0 Å². The van der Waals surface area contributed by atoms with E-state index in [1.807, 2.05) is 18.2 Å². The Balaban J connectivity index is 2.05. The van der Waals surface area contributed by atoms with E-state index in [0.29, 0.717) is 10.8 Å². The number of nitrogens with one attached hydrogen (secondary N) is 1. The molecule has 0 amide bonds. The van der Waals surface area contributed by atoms with E-state index < -0.39 is 9.84 Å². The highest BCUT2D eigenvalue weighted by Crippen LogP contribution is 2.37. The van der Waals surface area contributed by atoms with Gasteiger partial charge in [-0.3, -0.25) is 0 Å². The lowest BCUT2D eigenvalue weighted by Crippen LogP contribution is -2.31. The van der Waals surface area contributed by atoms with Crippen molar-refractivity contribution in [3.63, 3.8) is 0 Å². The first-order chi connectivity index (χ1) is 11.1. The molecule has 0 spiro atoms. The first kappa shape index (κ1) is 16.2. The third-order valence-corrected chi connectivity index (χ3v) is 5.77. The van der Waals surface area contributed by atoms with Gasteiger partial charge in [0.05, 0.1) is 4.90 Å². The highest BCUT2D eigenvalue weighted by atomic mass is 32.2. The minimum absolute atomic E-state index is 0.250. The maximum atomic E-state index is 11.9. The molecule has 0 radical (unpaired) electrons. The summed E-state index contributed by atoms with van der Waals surface area (Å²) in [5.41, 5.74) is 2.37. The van der Waals surface area contributed by atoms with Crippen molar-refractivity contribution in [2.24, 2.45) is 5.92 Å². The van der Waals surface area contributed by atoms with Gasteiger partial charge in [0, 0.05) is 12.2 Å². The number of sulfone groups is 1. The Hall–Kier alpha value is -1.65. The van der Waals surface area contributed by atoms with Gasteiger partial charge in [-0.05, 0) is 55.1 Å². The van der Waals surface area contributed by atoms with Gasteiger partial charge in [-0.1, -0.05) is 42.5 Å². The average molecular weight is 329 g/mol. The summed E-state index contributed by atoms with van der Waals surface area (Å²) in [6.07, 6.45) is 3.50. The van der Waals surface area contributed by atoms with Gasteiger partial charge in [-0.2, -0.15) is 0 Å². The van der Waals surface area contributed by atoms with Gasteiger partial charge in [-0.15, -0.1) is 0 Å². The van der Waals surface area contributed by atoms with Crippen molar-refractivity contribution in [2.45, 2.75) is 23.7 Å². The fourth-order valence-corrected chi connectivity index (χ4v) is 4.19. The van der Waals surface area contributed by atoms with Crippen LogP contribution in [0.25, 0.3) is 0 Å². The minimum Gasteiger partial charge on any atom is -0.317 e. The first-order valence-electron chi connectivity index (χ1n) is 8.11. The van der Waals surface area contributed by atoms with Crippen LogP contribution >= 0.6 is 0 Å². The Morgan fingerprint density at radius 3 is 2.26 bits per heavy atom. The van der Waals surface area contributed by atoms with Crippen molar-refractivity contribution in [2.75, 3.05) is 19.3 Å². The average Bonchev–Trinajstić information content (AvgIpc) is 2.57.